The highest BCUT2D eigenvalue weighted by Crippen LogP contribution is 2.52. The minimum absolute atomic E-state index is 0.0933. The van der Waals surface area contributed by atoms with E-state index >= 15 is 0 Å². The summed E-state index contributed by atoms with van der Waals surface area (Å²) in [4.78, 5) is 74.5. The quantitative estimate of drug-likeness (QED) is 0.0826. The van der Waals surface area contributed by atoms with Gasteiger partial charge in [-0.15, -0.1) is 0 Å². The zero-order valence-electron chi connectivity index (χ0n) is 31.0. The van der Waals surface area contributed by atoms with Crippen LogP contribution in [0.2, 0.25) is 0 Å². The molecule has 0 radical (unpaired) electrons. The van der Waals surface area contributed by atoms with Gasteiger partial charge in [0, 0.05) is 12.3 Å². The fourth-order valence-electron chi connectivity index (χ4n) is 4.54. The predicted molar refractivity (Wildman–Crippen MR) is 176 cm³/mol. The number of rotatable bonds is 18. The van der Waals surface area contributed by atoms with E-state index in [1.165, 1.54) is 13.8 Å². The lowest BCUT2D eigenvalue weighted by atomic mass is 9.88. The van der Waals surface area contributed by atoms with Gasteiger partial charge in [0.2, 0.25) is 13.6 Å². The third kappa shape index (κ3) is 12.5. The van der Waals surface area contributed by atoms with Crippen molar-refractivity contribution in [3.63, 3.8) is 0 Å². The normalized spacial score (nSPS) is 21.9. The van der Waals surface area contributed by atoms with E-state index in [4.69, 9.17) is 27.8 Å². The monoisotopic (exact) mass is 803 g/mol. The molecule has 22 nitrogen and oxygen atoms in total. The largest absolute Gasteiger partial charge is 0.510 e. The number of carbonyl (C=O) groups is 4. The maximum Gasteiger partial charge on any atom is 0.510 e. The first-order valence-corrected chi connectivity index (χ1v) is 17.8. The molecule has 308 valence electrons. The number of phosphoric ester groups is 1. The SMILES string of the molecule is CCOC(=O)OCOP(=O)(OCOC(=O)OCC)OC[C@@]1(CF)O[C@@H](n2ccc(=O)n(COC(=O)C(NC(=O)OC(C)(C)C)C(C)C)c2=O)[C@](C)(O)[C@@H]1O. The zero-order chi connectivity index (χ0) is 41.1. The van der Waals surface area contributed by atoms with Gasteiger partial charge in [-0.1, -0.05) is 13.8 Å². The van der Waals surface area contributed by atoms with Crippen molar-refractivity contribution in [3.8, 4) is 0 Å². The third-order valence-corrected chi connectivity index (χ3v) is 8.46. The number of phosphoric acid groups is 1. The number of esters is 1. The highest BCUT2D eigenvalue weighted by molar-refractivity contribution is 7.48. The van der Waals surface area contributed by atoms with Gasteiger partial charge in [0.1, 0.15) is 30.0 Å². The molecule has 0 spiro atoms. The second-order valence-electron chi connectivity index (χ2n) is 12.9. The van der Waals surface area contributed by atoms with Gasteiger partial charge >= 0.3 is 37.9 Å². The number of hydrogen-bond acceptors (Lipinski definition) is 19. The molecular formula is C30H47FN3O19P. The van der Waals surface area contributed by atoms with E-state index in [1.807, 2.05) is 0 Å². The molecule has 0 saturated carbocycles. The van der Waals surface area contributed by atoms with E-state index < -0.39 is 118 Å². The number of hydrogen-bond donors (Lipinski definition) is 3. The van der Waals surface area contributed by atoms with Gasteiger partial charge < -0.3 is 48.7 Å². The van der Waals surface area contributed by atoms with Crippen molar-refractivity contribution in [2.24, 2.45) is 5.92 Å². The first-order valence-electron chi connectivity index (χ1n) is 16.3. The molecular weight excluding hydrogens is 756 g/mol. The van der Waals surface area contributed by atoms with Gasteiger partial charge in [-0.3, -0.25) is 13.9 Å². The molecule has 2 rings (SSSR count). The van der Waals surface area contributed by atoms with E-state index in [9.17, 15) is 47.9 Å². The maximum atomic E-state index is 14.8. The predicted octanol–water partition coefficient (Wildman–Crippen LogP) is 1.83. The second-order valence-corrected chi connectivity index (χ2v) is 14.6. The maximum absolute atomic E-state index is 14.8. The number of nitrogens with zero attached hydrogens (tertiary/aromatic N) is 2. The first kappa shape index (κ1) is 46.0. The molecule has 2 heterocycles. The van der Waals surface area contributed by atoms with Crippen molar-refractivity contribution in [2.45, 2.75) is 97.3 Å². The van der Waals surface area contributed by atoms with Crippen LogP contribution in [0.5, 0.6) is 0 Å². The van der Waals surface area contributed by atoms with E-state index in [1.54, 1.807) is 34.6 Å². The molecule has 1 aromatic heterocycles. The number of nitrogens with one attached hydrogen (secondary N) is 1. The second kappa shape index (κ2) is 19.5. The van der Waals surface area contributed by atoms with Crippen LogP contribution in [0.3, 0.4) is 0 Å². The summed E-state index contributed by atoms with van der Waals surface area (Å²) in [6, 6.07) is -0.451. The van der Waals surface area contributed by atoms with Crippen molar-refractivity contribution in [3.05, 3.63) is 33.1 Å². The number of ether oxygens (including phenoxy) is 7. The molecule has 24 heteroatoms. The van der Waals surface area contributed by atoms with Crippen LogP contribution in [0.25, 0.3) is 0 Å². The van der Waals surface area contributed by atoms with Gasteiger partial charge in [-0.2, -0.15) is 0 Å². The molecule has 1 aliphatic rings. The van der Waals surface area contributed by atoms with Gasteiger partial charge in [0.25, 0.3) is 5.56 Å². The summed E-state index contributed by atoms with van der Waals surface area (Å²) >= 11 is 0. The van der Waals surface area contributed by atoms with Crippen LogP contribution in [-0.2, 0) is 62.8 Å². The average Bonchev–Trinajstić information content (AvgIpc) is 3.26. The number of aromatic nitrogens is 2. The summed E-state index contributed by atoms with van der Waals surface area (Å²) < 4.78 is 78.3. The number of carbonyl (C=O) groups excluding carboxylic acids is 4. The molecule has 1 unspecified atom stereocenters. The van der Waals surface area contributed by atoms with Crippen LogP contribution in [0.4, 0.5) is 18.8 Å². The number of aliphatic hydroxyl groups excluding tert-OH is 1. The van der Waals surface area contributed by atoms with Crippen LogP contribution < -0.4 is 16.6 Å². The Morgan fingerprint density at radius 3 is 2.04 bits per heavy atom. The molecule has 0 aromatic carbocycles. The van der Waals surface area contributed by atoms with Crippen LogP contribution in [0, 0.1) is 5.92 Å². The molecule has 1 fully saturated rings. The van der Waals surface area contributed by atoms with Crippen LogP contribution in [0.15, 0.2) is 21.9 Å². The van der Waals surface area contributed by atoms with E-state index in [-0.39, 0.29) is 13.2 Å². The molecule has 1 amide bonds. The van der Waals surface area contributed by atoms with Crippen molar-refractivity contribution in [2.75, 3.05) is 40.1 Å². The first-order chi connectivity index (χ1) is 25.1. The smallest absolute Gasteiger partial charge is 0.444 e. The average molecular weight is 804 g/mol. The summed E-state index contributed by atoms with van der Waals surface area (Å²) in [6.45, 7) is 5.51. The number of amides is 1. The Balaban J connectivity index is 2.34. The molecule has 5 atom stereocenters. The van der Waals surface area contributed by atoms with Gasteiger partial charge in [-0.25, -0.2) is 46.5 Å². The summed E-state index contributed by atoms with van der Waals surface area (Å²) in [5.41, 5.74) is -8.33. The molecule has 1 aromatic rings. The Labute approximate surface area is 308 Å². The van der Waals surface area contributed by atoms with Crippen LogP contribution in [-0.4, -0.2) is 113 Å². The minimum atomic E-state index is -5.02. The van der Waals surface area contributed by atoms with Crippen molar-refractivity contribution in [1.82, 2.24) is 14.5 Å². The third-order valence-electron chi connectivity index (χ3n) is 7.17. The summed E-state index contributed by atoms with van der Waals surface area (Å²) in [6.07, 6.45) is -6.84. The van der Waals surface area contributed by atoms with Gasteiger partial charge in [0.05, 0.1) is 19.8 Å². The van der Waals surface area contributed by atoms with Gasteiger partial charge in [0.15, 0.2) is 18.6 Å². The molecule has 1 saturated heterocycles. The lowest BCUT2D eigenvalue weighted by Crippen LogP contribution is -2.53. The number of alkyl halides is 1. The fraction of sp³-hybridized carbons (Fsp3) is 0.733. The highest BCUT2D eigenvalue weighted by Gasteiger charge is 2.63. The number of alkyl carbamates (subject to hydrolysis) is 1. The minimum Gasteiger partial charge on any atom is -0.444 e. The molecule has 3 N–H and O–H groups in total. The Hall–Kier alpha value is -4.12. The van der Waals surface area contributed by atoms with Gasteiger partial charge in [-0.05, 0) is 47.5 Å². The Morgan fingerprint density at radius 1 is 1.00 bits per heavy atom. The van der Waals surface area contributed by atoms with Crippen molar-refractivity contribution < 1.29 is 85.1 Å². The fourth-order valence-corrected chi connectivity index (χ4v) is 5.51. The number of aliphatic hydroxyl groups is 2. The summed E-state index contributed by atoms with van der Waals surface area (Å²) in [5.74, 6) is -1.57. The summed E-state index contributed by atoms with van der Waals surface area (Å²) in [7, 11) is -5.02. The lowest BCUT2D eigenvalue weighted by Gasteiger charge is -2.31. The molecule has 0 bridgehead atoms. The van der Waals surface area contributed by atoms with E-state index in [0.29, 0.717) is 9.13 Å². The Morgan fingerprint density at radius 2 is 1.56 bits per heavy atom. The molecule has 1 aliphatic heterocycles. The van der Waals surface area contributed by atoms with Crippen molar-refractivity contribution >= 4 is 32.2 Å². The standard InChI is InChI=1S/C30H47FN3O19P/c1-9-44-26(40)47-16-50-54(43,51-17-48-27(41)45-10-2)49-14-30(13-31)22(37)29(8,42)23(52-30)33-12-11-19(35)34(25(33)39)15-46-21(36)20(18(3)4)32-24(38)53-28(5,6)7/h11-12,18,20,22-23,37,42H,9-10,13-17H2,1-8H3,(H,32,38)/t20?,22-,23+,29+,30+/m0/s1. The molecule has 0 aliphatic carbocycles. The van der Waals surface area contributed by atoms with E-state index in [2.05, 4.69) is 24.3 Å². The number of halogens is 1. The van der Waals surface area contributed by atoms with Crippen LogP contribution >= 0.6 is 7.82 Å². The zero-order valence-corrected chi connectivity index (χ0v) is 31.9. The highest BCUT2D eigenvalue weighted by atomic mass is 31.2. The topological polar surface area (TPSA) is 274 Å². The Bertz CT molecular complexity index is 1600. The van der Waals surface area contributed by atoms with Crippen LogP contribution in [0.1, 0.15) is 61.6 Å². The Kier molecular flexibility index (Phi) is 16.6. The lowest BCUT2D eigenvalue weighted by molar-refractivity contribution is -0.152. The molecule has 54 heavy (non-hydrogen) atoms. The summed E-state index contributed by atoms with van der Waals surface area (Å²) in [5, 5.41) is 24.8. The van der Waals surface area contributed by atoms with Crippen molar-refractivity contribution in [1.29, 1.82) is 0 Å². The van der Waals surface area contributed by atoms with E-state index in [0.717, 1.165) is 19.2 Å².